The lowest BCUT2D eigenvalue weighted by atomic mass is 10.1. The normalized spacial score (nSPS) is 27.2. The van der Waals surface area contributed by atoms with E-state index < -0.39 is 6.29 Å². The van der Waals surface area contributed by atoms with Crippen molar-refractivity contribution in [3.8, 4) is 0 Å². The molecule has 1 aliphatic heterocycles. The van der Waals surface area contributed by atoms with Crippen molar-refractivity contribution in [1.82, 2.24) is 4.98 Å². The van der Waals surface area contributed by atoms with Gasteiger partial charge in [-0.05, 0) is 18.6 Å². The summed E-state index contributed by atoms with van der Waals surface area (Å²) in [6, 6.07) is 1.72. The van der Waals surface area contributed by atoms with Crippen LogP contribution in [0, 0.1) is 0 Å². The zero-order valence-corrected chi connectivity index (χ0v) is 7.25. The van der Waals surface area contributed by atoms with E-state index in [9.17, 15) is 5.11 Å². The zero-order chi connectivity index (χ0) is 8.72. The monoisotopic (exact) mass is 185 g/mol. The third-order valence-corrected chi connectivity index (χ3v) is 2.18. The fourth-order valence-corrected chi connectivity index (χ4v) is 1.52. The first-order chi connectivity index (χ1) is 5.68. The summed E-state index contributed by atoms with van der Waals surface area (Å²) in [4.78, 5) is 3.86. The Kier molecular flexibility index (Phi) is 1.79. The number of nitrogens with zero attached hydrogens (tertiary/aromatic N) is 1. The first-order valence-corrected chi connectivity index (χ1v) is 4.05. The van der Waals surface area contributed by atoms with Crippen molar-refractivity contribution in [1.29, 1.82) is 0 Å². The molecule has 2 heterocycles. The third-order valence-electron chi connectivity index (χ3n) is 1.97. The molecule has 2 unspecified atom stereocenters. The van der Waals surface area contributed by atoms with Crippen LogP contribution in [0.4, 0.5) is 0 Å². The Morgan fingerprint density at radius 3 is 3.08 bits per heavy atom. The number of fused-ring (bicyclic) bond motifs is 1. The van der Waals surface area contributed by atoms with Crippen molar-refractivity contribution < 1.29 is 9.84 Å². The number of hydrogen-bond donors (Lipinski definition) is 1. The maximum absolute atomic E-state index is 9.34. The van der Waals surface area contributed by atoms with E-state index in [4.69, 9.17) is 16.3 Å². The maximum Gasteiger partial charge on any atom is 0.183 e. The van der Waals surface area contributed by atoms with Crippen LogP contribution in [0.3, 0.4) is 0 Å². The average molecular weight is 186 g/mol. The standard InChI is InChI=1S/C8H8ClNO2/c1-4-5-2-7(9)10-3-6(5)8(11)12-4/h2-4,8,11H,1H3. The van der Waals surface area contributed by atoms with Crippen molar-refractivity contribution >= 4 is 11.6 Å². The molecule has 2 rings (SSSR count). The van der Waals surface area contributed by atoms with Gasteiger partial charge in [-0.25, -0.2) is 4.98 Å². The summed E-state index contributed by atoms with van der Waals surface area (Å²) < 4.78 is 5.14. The molecule has 2 atom stereocenters. The van der Waals surface area contributed by atoms with Crippen molar-refractivity contribution in [3.63, 3.8) is 0 Å². The van der Waals surface area contributed by atoms with E-state index in [-0.39, 0.29) is 6.10 Å². The lowest BCUT2D eigenvalue weighted by Gasteiger charge is -2.02. The predicted octanol–water partition coefficient (Wildman–Crippen LogP) is 1.82. The Hall–Kier alpha value is -0.640. The molecule has 1 aromatic heterocycles. The Morgan fingerprint density at radius 2 is 2.33 bits per heavy atom. The van der Waals surface area contributed by atoms with E-state index in [1.54, 1.807) is 12.3 Å². The molecule has 1 N–H and O–H groups in total. The van der Waals surface area contributed by atoms with Gasteiger partial charge in [0.1, 0.15) is 5.15 Å². The molecule has 0 saturated carbocycles. The van der Waals surface area contributed by atoms with Crippen LogP contribution in [0.1, 0.15) is 30.4 Å². The number of aliphatic hydroxyl groups is 1. The minimum absolute atomic E-state index is 0.101. The highest BCUT2D eigenvalue weighted by atomic mass is 35.5. The molecular formula is C8H8ClNO2. The Balaban J connectivity index is 2.53. The van der Waals surface area contributed by atoms with Crippen LogP contribution in [-0.2, 0) is 4.74 Å². The molecule has 4 heteroatoms. The molecule has 1 aliphatic rings. The summed E-state index contributed by atoms with van der Waals surface area (Å²) in [6.07, 6.45) is 0.599. The molecule has 0 bridgehead atoms. The minimum Gasteiger partial charge on any atom is -0.364 e. The van der Waals surface area contributed by atoms with Crippen molar-refractivity contribution in [2.24, 2.45) is 0 Å². The molecule has 12 heavy (non-hydrogen) atoms. The van der Waals surface area contributed by atoms with Gasteiger partial charge in [-0.2, -0.15) is 0 Å². The molecule has 0 radical (unpaired) electrons. The lowest BCUT2D eigenvalue weighted by Crippen LogP contribution is -1.93. The molecule has 1 aromatic rings. The molecule has 0 amide bonds. The number of ether oxygens (including phenoxy) is 1. The van der Waals surface area contributed by atoms with Gasteiger partial charge in [0, 0.05) is 11.8 Å². The molecule has 0 spiro atoms. The molecule has 0 aromatic carbocycles. The first-order valence-electron chi connectivity index (χ1n) is 3.67. The van der Waals surface area contributed by atoms with Gasteiger partial charge in [0.25, 0.3) is 0 Å². The summed E-state index contributed by atoms with van der Waals surface area (Å²) in [5, 5.41) is 9.77. The SMILES string of the molecule is CC1OC(O)c2cnc(Cl)cc21. The first kappa shape index (κ1) is 7.98. The Bertz CT molecular complexity index is 316. The van der Waals surface area contributed by atoms with Crippen LogP contribution < -0.4 is 0 Å². The lowest BCUT2D eigenvalue weighted by molar-refractivity contribution is -0.115. The summed E-state index contributed by atoms with van der Waals surface area (Å²) in [7, 11) is 0. The van der Waals surface area contributed by atoms with Gasteiger partial charge >= 0.3 is 0 Å². The molecular weight excluding hydrogens is 178 g/mol. The van der Waals surface area contributed by atoms with Crippen LogP contribution in [0.15, 0.2) is 12.3 Å². The fourth-order valence-electron chi connectivity index (χ4n) is 1.35. The van der Waals surface area contributed by atoms with Gasteiger partial charge in [0.15, 0.2) is 6.29 Å². The van der Waals surface area contributed by atoms with Crippen molar-refractivity contribution in [2.75, 3.05) is 0 Å². The largest absolute Gasteiger partial charge is 0.364 e. The molecule has 0 saturated heterocycles. The Morgan fingerprint density at radius 1 is 1.58 bits per heavy atom. The number of aliphatic hydroxyl groups excluding tert-OH is 1. The van der Waals surface area contributed by atoms with Crippen molar-refractivity contribution in [2.45, 2.75) is 19.3 Å². The molecule has 64 valence electrons. The highest BCUT2D eigenvalue weighted by Gasteiger charge is 2.27. The zero-order valence-electron chi connectivity index (χ0n) is 6.49. The van der Waals surface area contributed by atoms with E-state index in [0.29, 0.717) is 10.7 Å². The fraction of sp³-hybridized carbons (Fsp3) is 0.375. The van der Waals surface area contributed by atoms with Gasteiger partial charge in [-0.15, -0.1) is 0 Å². The second-order valence-corrected chi connectivity index (χ2v) is 3.15. The van der Waals surface area contributed by atoms with Crippen LogP contribution >= 0.6 is 11.6 Å². The number of hydrogen-bond acceptors (Lipinski definition) is 3. The summed E-state index contributed by atoms with van der Waals surface area (Å²) in [5.41, 5.74) is 1.63. The quantitative estimate of drug-likeness (QED) is 0.627. The van der Waals surface area contributed by atoms with E-state index in [0.717, 1.165) is 5.56 Å². The van der Waals surface area contributed by atoms with E-state index in [1.165, 1.54) is 0 Å². The predicted molar refractivity (Wildman–Crippen MR) is 43.7 cm³/mol. The van der Waals surface area contributed by atoms with Gasteiger partial charge < -0.3 is 9.84 Å². The smallest absolute Gasteiger partial charge is 0.183 e. The highest BCUT2D eigenvalue weighted by Crippen LogP contribution is 2.37. The maximum atomic E-state index is 9.34. The van der Waals surface area contributed by atoms with Crippen molar-refractivity contribution in [3.05, 3.63) is 28.5 Å². The summed E-state index contributed by atoms with van der Waals surface area (Å²) in [6.45, 7) is 1.87. The summed E-state index contributed by atoms with van der Waals surface area (Å²) >= 11 is 5.69. The summed E-state index contributed by atoms with van der Waals surface area (Å²) in [5.74, 6) is 0. The van der Waals surface area contributed by atoms with Gasteiger partial charge in [0.05, 0.1) is 6.10 Å². The molecule has 3 nitrogen and oxygen atoms in total. The average Bonchev–Trinajstić information content (AvgIpc) is 2.28. The topological polar surface area (TPSA) is 42.4 Å². The van der Waals surface area contributed by atoms with Gasteiger partial charge in [-0.1, -0.05) is 11.6 Å². The minimum atomic E-state index is -0.847. The number of halogens is 1. The molecule has 0 fully saturated rings. The van der Waals surface area contributed by atoms with E-state index in [2.05, 4.69) is 4.98 Å². The second kappa shape index (κ2) is 2.69. The number of pyridine rings is 1. The number of aromatic nitrogens is 1. The van der Waals surface area contributed by atoms with Gasteiger partial charge in [-0.3, -0.25) is 0 Å². The highest BCUT2D eigenvalue weighted by molar-refractivity contribution is 6.29. The third kappa shape index (κ3) is 1.10. The van der Waals surface area contributed by atoms with E-state index in [1.807, 2.05) is 6.92 Å². The van der Waals surface area contributed by atoms with Crippen LogP contribution in [-0.4, -0.2) is 10.1 Å². The van der Waals surface area contributed by atoms with Crippen LogP contribution in [0.2, 0.25) is 5.15 Å². The van der Waals surface area contributed by atoms with Gasteiger partial charge in [0.2, 0.25) is 0 Å². The van der Waals surface area contributed by atoms with Crippen LogP contribution in [0.25, 0.3) is 0 Å². The second-order valence-electron chi connectivity index (χ2n) is 2.77. The van der Waals surface area contributed by atoms with E-state index >= 15 is 0 Å². The van der Waals surface area contributed by atoms with Crippen LogP contribution in [0.5, 0.6) is 0 Å². The molecule has 0 aliphatic carbocycles. The Labute approximate surface area is 75.0 Å². The number of rotatable bonds is 0.